The molecule has 144 valence electrons. The third-order valence-corrected chi connectivity index (χ3v) is 5.20. The Kier molecular flexibility index (Phi) is 4.88. The number of phenolic OH excluding ortho intramolecular Hbond substituents is 1. The van der Waals surface area contributed by atoms with E-state index in [1.54, 1.807) is 12.1 Å². The lowest BCUT2D eigenvalue weighted by Gasteiger charge is -2.36. The first-order valence-corrected chi connectivity index (χ1v) is 9.50. The number of anilines is 1. The molecule has 2 aliphatic heterocycles. The van der Waals surface area contributed by atoms with E-state index in [0.29, 0.717) is 18.9 Å². The van der Waals surface area contributed by atoms with Gasteiger partial charge in [-0.2, -0.15) is 0 Å². The molecule has 2 N–H and O–H groups in total. The zero-order valence-electron chi connectivity index (χ0n) is 15.8. The number of morpholine rings is 1. The largest absolute Gasteiger partial charge is 0.508 e. The molecule has 1 aromatic heterocycles. The van der Waals surface area contributed by atoms with Crippen molar-refractivity contribution in [3.63, 3.8) is 0 Å². The number of nitrogens with one attached hydrogen (secondary N) is 1. The fourth-order valence-electron chi connectivity index (χ4n) is 3.98. The zero-order valence-corrected chi connectivity index (χ0v) is 15.8. The molecular formula is C20H26N4O3. The average molecular weight is 370 g/mol. The highest BCUT2D eigenvalue weighted by molar-refractivity contribution is 5.35. The second kappa shape index (κ2) is 7.32. The summed E-state index contributed by atoms with van der Waals surface area (Å²) in [5, 5.41) is 9.44. The van der Waals surface area contributed by atoms with Gasteiger partial charge in [-0.15, -0.1) is 0 Å². The van der Waals surface area contributed by atoms with Crippen molar-refractivity contribution in [2.45, 2.75) is 45.6 Å². The number of ether oxygens (including phenoxy) is 1. The van der Waals surface area contributed by atoms with E-state index >= 15 is 0 Å². The number of rotatable bonds is 3. The minimum Gasteiger partial charge on any atom is -0.508 e. The van der Waals surface area contributed by atoms with Crippen LogP contribution >= 0.6 is 0 Å². The standard InChI is InChI=1S/C20H26N4O3/c1-13-9-24(10-14(2)27-13)20-21-18-12-23(8-7-17(18)19(26)22-20)11-15-3-5-16(25)6-4-15/h3-6,13-14,25H,7-12H2,1-2H3,(H,21,22,26)/t13-,14-/m0/s1. The third-order valence-electron chi connectivity index (χ3n) is 5.20. The van der Waals surface area contributed by atoms with Crippen LogP contribution in [0.3, 0.4) is 0 Å². The first-order valence-electron chi connectivity index (χ1n) is 9.50. The molecule has 4 rings (SSSR count). The molecule has 3 heterocycles. The van der Waals surface area contributed by atoms with Crippen LogP contribution < -0.4 is 10.5 Å². The van der Waals surface area contributed by atoms with Crippen LogP contribution in [0.15, 0.2) is 29.1 Å². The molecule has 2 aromatic rings. The lowest BCUT2D eigenvalue weighted by molar-refractivity contribution is -0.00576. The highest BCUT2D eigenvalue weighted by atomic mass is 16.5. The maximum absolute atomic E-state index is 12.6. The first-order chi connectivity index (χ1) is 13.0. The Balaban J connectivity index is 1.54. The van der Waals surface area contributed by atoms with Gasteiger partial charge >= 0.3 is 0 Å². The molecule has 1 saturated heterocycles. The SMILES string of the molecule is C[C@H]1CN(c2nc3c(c(=O)[nH]2)CCN(Cc2ccc(O)cc2)C3)C[C@H](C)O1. The Morgan fingerprint density at radius 1 is 1.22 bits per heavy atom. The Morgan fingerprint density at radius 2 is 1.93 bits per heavy atom. The van der Waals surface area contributed by atoms with E-state index in [1.807, 2.05) is 26.0 Å². The molecule has 27 heavy (non-hydrogen) atoms. The summed E-state index contributed by atoms with van der Waals surface area (Å²) in [6, 6.07) is 7.26. The van der Waals surface area contributed by atoms with Crippen molar-refractivity contribution in [3.8, 4) is 5.75 Å². The second-order valence-electron chi connectivity index (χ2n) is 7.60. The summed E-state index contributed by atoms with van der Waals surface area (Å²) in [5.74, 6) is 0.918. The zero-order chi connectivity index (χ0) is 19.0. The van der Waals surface area contributed by atoms with Crippen molar-refractivity contribution in [1.29, 1.82) is 0 Å². The third kappa shape index (κ3) is 3.99. The van der Waals surface area contributed by atoms with Crippen LogP contribution in [0.25, 0.3) is 0 Å². The number of aromatic nitrogens is 2. The van der Waals surface area contributed by atoms with Gasteiger partial charge in [-0.25, -0.2) is 4.98 Å². The highest BCUT2D eigenvalue weighted by Crippen LogP contribution is 2.21. The van der Waals surface area contributed by atoms with Gasteiger partial charge in [-0.1, -0.05) is 12.1 Å². The molecule has 1 fully saturated rings. The number of hydrogen-bond acceptors (Lipinski definition) is 6. The Morgan fingerprint density at radius 3 is 2.63 bits per heavy atom. The minimum atomic E-state index is -0.0221. The average Bonchev–Trinajstić information content (AvgIpc) is 2.62. The van der Waals surface area contributed by atoms with Gasteiger partial charge in [0.2, 0.25) is 5.95 Å². The Hall–Kier alpha value is -2.38. The molecule has 0 radical (unpaired) electrons. The topological polar surface area (TPSA) is 81.7 Å². The van der Waals surface area contributed by atoms with Gasteiger partial charge < -0.3 is 14.7 Å². The van der Waals surface area contributed by atoms with Crippen molar-refractivity contribution >= 4 is 5.95 Å². The molecule has 7 heteroatoms. The van der Waals surface area contributed by atoms with Gasteiger partial charge in [0, 0.05) is 38.3 Å². The number of hydrogen-bond donors (Lipinski definition) is 2. The molecule has 0 amide bonds. The van der Waals surface area contributed by atoms with E-state index in [2.05, 4.69) is 14.8 Å². The molecular weight excluding hydrogens is 344 g/mol. The molecule has 2 aliphatic rings. The van der Waals surface area contributed by atoms with Gasteiger partial charge in [0.05, 0.1) is 17.9 Å². The van der Waals surface area contributed by atoms with E-state index in [9.17, 15) is 9.90 Å². The predicted molar refractivity (Wildman–Crippen MR) is 103 cm³/mol. The quantitative estimate of drug-likeness (QED) is 0.855. The second-order valence-corrected chi connectivity index (χ2v) is 7.60. The van der Waals surface area contributed by atoms with E-state index < -0.39 is 0 Å². The number of aromatic hydroxyl groups is 1. The monoisotopic (exact) mass is 370 g/mol. The Labute approximate surface area is 158 Å². The van der Waals surface area contributed by atoms with Gasteiger partial charge in [-0.3, -0.25) is 14.7 Å². The van der Waals surface area contributed by atoms with Crippen molar-refractivity contribution in [1.82, 2.24) is 14.9 Å². The molecule has 0 bridgehead atoms. The van der Waals surface area contributed by atoms with Gasteiger partial charge in [0.25, 0.3) is 5.56 Å². The lowest BCUT2D eigenvalue weighted by atomic mass is 10.1. The van der Waals surface area contributed by atoms with E-state index in [1.165, 1.54) is 0 Å². The number of phenols is 1. The summed E-state index contributed by atoms with van der Waals surface area (Å²) in [6.45, 7) is 7.78. The smallest absolute Gasteiger partial charge is 0.255 e. The van der Waals surface area contributed by atoms with Gasteiger partial charge in [0.1, 0.15) is 5.75 Å². The number of aromatic amines is 1. The fraction of sp³-hybridized carbons (Fsp3) is 0.500. The summed E-state index contributed by atoms with van der Waals surface area (Å²) in [6.07, 6.45) is 0.925. The van der Waals surface area contributed by atoms with Crippen LogP contribution in [0.5, 0.6) is 5.75 Å². The molecule has 2 atom stereocenters. The van der Waals surface area contributed by atoms with Crippen molar-refractivity contribution < 1.29 is 9.84 Å². The van der Waals surface area contributed by atoms with Crippen LogP contribution in [0.4, 0.5) is 5.95 Å². The van der Waals surface area contributed by atoms with Crippen LogP contribution in [0, 0.1) is 0 Å². The molecule has 7 nitrogen and oxygen atoms in total. The fourth-order valence-corrected chi connectivity index (χ4v) is 3.98. The summed E-state index contributed by atoms with van der Waals surface area (Å²) >= 11 is 0. The maximum Gasteiger partial charge on any atom is 0.255 e. The summed E-state index contributed by atoms with van der Waals surface area (Å²) in [4.78, 5) is 24.8. The number of H-pyrrole nitrogens is 1. The molecule has 0 saturated carbocycles. The van der Waals surface area contributed by atoms with Crippen molar-refractivity contribution in [2.24, 2.45) is 0 Å². The van der Waals surface area contributed by atoms with E-state index in [-0.39, 0.29) is 23.5 Å². The normalized spacial score (nSPS) is 23.3. The Bertz CT molecular complexity index is 855. The number of fused-ring (bicyclic) bond motifs is 1. The van der Waals surface area contributed by atoms with Gasteiger partial charge in [-0.05, 0) is 38.0 Å². The molecule has 0 unspecified atom stereocenters. The van der Waals surface area contributed by atoms with Gasteiger partial charge in [0.15, 0.2) is 0 Å². The summed E-state index contributed by atoms with van der Waals surface area (Å²) in [7, 11) is 0. The van der Waals surface area contributed by atoms with Crippen LogP contribution in [-0.4, -0.2) is 51.8 Å². The van der Waals surface area contributed by atoms with Crippen molar-refractivity contribution in [2.75, 3.05) is 24.5 Å². The lowest BCUT2D eigenvalue weighted by Crippen LogP contribution is -2.47. The van der Waals surface area contributed by atoms with E-state index in [0.717, 1.165) is 43.0 Å². The molecule has 0 aliphatic carbocycles. The van der Waals surface area contributed by atoms with E-state index in [4.69, 9.17) is 9.72 Å². The predicted octanol–water partition coefficient (Wildman–Crippen LogP) is 1.65. The first kappa shape index (κ1) is 18.0. The van der Waals surface area contributed by atoms with Crippen LogP contribution in [-0.2, 0) is 24.2 Å². The maximum atomic E-state index is 12.6. The number of benzene rings is 1. The summed E-state index contributed by atoms with van der Waals surface area (Å²) < 4.78 is 5.79. The van der Waals surface area contributed by atoms with Crippen molar-refractivity contribution in [3.05, 3.63) is 51.4 Å². The molecule has 0 spiro atoms. The summed E-state index contributed by atoms with van der Waals surface area (Å²) in [5.41, 5.74) is 2.78. The molecule has 1 aromatic carbocycles. The minimum absolute atomic E-state index is 0.0221. The highest BCUT2D eigenvalue weighted by Gasteiger charge is 2.26. The number of nitrogens with zero attached hydrogens (tertiary/aromatic N) is 3. The van der Waals surface area contributed by atoms with Crippen LogP contribution in [0.2, 0.25) is 0 Å². The van der Waals surface area contributed by atoms with Crippen LogP contribution in [0.1, 0.15) is 30.7 Å².